The van der Waals surface area contributed by atoms with Gasteiger partial charge in [0.1, 0.15) is 12.4 Å². The zero-order valence-corrected chi connectivity index (χ0v) is 19.5. The van der Waals surface area contributed by atoms with Crippen LogP contribution in [0.15, 0.2) is 42.0 Å². The van der Waals surface area contributed by atoms with Gasteiger partial charge in [-0.15, -0.1) is 0 Å². The van der Waals surface area contributed by atoms with Gasteiger partial charge in [-0.25, -0.2) is 5.06 Å². The fourth-order valence-corrected chi connectivity index (χ4v) is 3.37. The molecule has 9 heteroatoms. The van der Waals surface area contributed by atoms with E-state index in [4.69, 9.17) is 4.74 Å². The first-order chi connectivity index (χ1) is 15.8. The van der Waals surface area contributed by atoms with Crippen LogP contribution < -0.4 is 15.5 Å². The Kier molecular flexibility index (Phi) is 10.4. The number of carbonyl (C=O) groups excluding carboxylic acids is 3. The van der Waals surface area contributed by atoms with Crippen LogP contribution >= 0.6 is 0 Å². The van der Waals surface area contributed by atoms with Crippen molar-refractivity contribution >= 4 is 29.7 Å². The van der Waals surface area contributed by atoms with E-state index >= 15 is 0 Å². The molecule has 3 amide bonds. The number of anilines is 1. The number of nitrogens with one attached hydrogen (secondary N) is 2. The topological polar surface area (TPSA) is 111 Å². The van der Waals surface area contributed by atoms with Gasteiger partial charge in [0.25, 0.3) is 5.91 Å². The number of amides is 3. The van der Waals surface area contributed by atoms with E-state index in [1.807, 2.05) is 43.3 Å². The zero-order chi connectivity index (χ0) is 24.2. The second-order valence-electron chi connectivity index (χ2n) is 8.10. The lowest BCUT2D eigenvalue weighted by Gasteiger charge is -2.20. The summed E-state index contributed by atoms with van der Waals surface area (Å²) in [7, 11) is 3.93. The molecule has 0 aromatic heterocycles. The molecule has 0 saturated carbocycles. The van der Waals surface area contributed by atoms with E-state index < -0.39 is 5.92 Å². The molecule has 0 saturated heterocycles. The highest BCUT2D eigenvalue weighted by Gasteiger charge is 2.21. The smallest absolute Gasteiger partial charge is 0.252 e. The average molecular weight is 459 g/mol. The number of carbonyl (C=O) groups is 3. The summed E-state index contributed by atoms with van der Waals surface area (Å²) >= 11 is 0. The van der Waals surface area contributed by atoms with E-state index in [9.17, 15) is 19.6 Å². The van der Waals surface area contributed by atoms with E-state index in [0.29, 0.717) is 22.8 Å². The summed E-state index contributed by atoms with van der Waals surface area (Å²) in [5.74, 6) is -0.539. The van der Waals surface area contributed by atoms with E-state index in [1.165, 1.54) is 0 Å². The van der Waals surface area contributed by atoms with Gasteiger partial charge in [-0.3, -0.25) is 19.6 Å². The fourth-order valence-electron chi connectivity index (χ4n) is 3.37. The second-order valence-corrected chi connectivity index (χ2v) is 8.10. The molecule has 33 heavy (non-hydrogen) atoms. The van der Waals surface area contributed by atoms with E-state index in [-0.39, 0.29) is 38.0 Å². The minimum Gasteiger partial charge on any atom is -0.488 e. The monoisotopic (exact) mass is 458 g/mol. The van der Waals surface area contributed by atoms with Gasteiger partial charge in [-0.2, -0.15) is 0 Å². The first-order valence-corrected chi connectivity index (χ1v) is 11.1. The summed E-state index contributed by atoms with van der Waals surface area (Å²) in [5.41, 5.74) is 2.41. The first-order valence-electron chi connectivity index (χ1n) is 11.1. The van der Waals surface area contributed by atoms with Crippen molar-refractivity contribution in [2.45, 2.75) is 32.6 Å². The molecule has 0 bridgehead atoms. The van der Waals surface area contributed by atoms with Crippen molar-refractivity contribution in [3.8, 4) is 0 Å². The lowest BCUT2D eigenvalue weighted by Crippen LogP contribution is -2.43. The van der Waals surface area contributed by atoms with Crippen molar-refractivity contribution in [3.63, 3.8) is 0 Å². The van der Waals surface area contributed by atoms with Crippen LogP contribution in [0, 0.1) is 5.92 Å². The Hall–Kier alpha value is -3.33. The highest BCUT2D eigenvalue weighted by atomic mass is 16.5. The van der Waals surface area contributed by atoms with Gasteiger partial charge in [0.05, 0.1) is 24.7 Å². The molecule has 3 N–H and O–H groups in total. The number of nitrogens with zero attached hydrogens (tertiary/aromatic N) is 2. The van der Waals surface area contributed by atoms with E-state index in [0.717, 1.165) is 30.5 Å². The van der Waals surface area contributed by atoms with Gasteiger partial charge in [-0.1, -0.05) is 38.3 Å². The molecule has 9 nitrogen and oxygen atoms in total. The van der Waals surface area contributed by atoms with Crippen LogP contribution in [0.3, 0.4) is 0 Å². The van der Waals surface area contributed by atoms with Crippen LogP contribution in [0.4, 0.5) is 5.69 Å². The lowest BCUT2D eigenvalue weighted by atomic mass is 10.0. The maximum absolute atomic E-state index is 12.5. The lowest BCUT2D eigenvalue weighted by molar-refractivity contribution is -0.154. The zero-order valence-electron chi connectivity index (χ0n) is 19.5. The molecule has 1 aliphatic rings. The minimum atomic E-state index is -0.552. The first kappa shape index (κ1) is 25.9. The highest BCUT2D eigenvalue weighted by Crippen LogP contribution is 2.24. The number of hydrogen-bond donors (Lipinski definition) is 3. The van der Waals surface area contributed by atoms with Gasteiger partial charge in [-0.05, 0) is 30.7 Å². The van der Waals surface area contributed by atoms with Gasteiger partial charge in [0.15, 0.2) is 0 Å². The Morgan fingerprint density at radius 1 is 1.21 bits per heavy atom. The van der Waals surface area contributed by atoms with E-state index in [2.05, 4.69) is 17.6 Å². The highest BCUT2D eigenvalue weighted by molar-refractivity contribution is 5.95. The third-order valence-electron chi connectivity index (χ3n) is 5.33. The van der Waals surface area contributed by atoms with Crippen molar-refractivity contribution in [1.29, 1.82) is 0 Å². The standard InChI is InChI=1S/C24H34N4O5/c1-4-5-6-8-19(14-28(32)17-29)23(30)25-16-26-24(31)20-11-12-22(33-15-20)18-9-7-10-21(13-18)27(2)3/h7,9-13,17,19,32H,4-6,8,14-16H2,1-3H3,(H,25,30)(H,26,31)/t19-/m1/s1. The van der Waals surface area contributed by atoms with Crippen LogP contribution in [0.25, 0.3) is 5.76 Å². The average Bonchev–Trinajstić information content (AvgIpc) is 2.83. The Balaban J connectivity index is 1.88. The summed E-state index contributed by atoms with van der Waals surface area (Å²) in [6.45, 7) is 2.02. The molecule has 180 valence electrons. The number of hydroxylamine groups is 2. The predicted octanol–water partition coefficient (Wildman–Crippen LogP) is 2.28. The molecule has 0 unspecified atom stereocenters. The molecule has 2 rings (SSSR count). The summed E-state index contributed by atoms with van der Waals surface area (Å²) in [6.07, 6.45) is 7.04. The molecular formula is C24H34N4O5. The Bertz CT molecular complexity index is 881. The van der Waals surface area contributed by atoms with Crippen LogP contribution in [-0.2, 0) is 19.1 Å². The number of rotatable bonds is 13. The largest absolute Gasteiger partial charge is 0.488 e. The van der Waals surface area contributed by atoms with Gasteiger partial charge in [0.2, 0.25) is 12.3 Å². The van der Waals surface area contributed by atoms with Gasteiger partial charge >= 0.3 is 0 Å². The molecule has 1 atom stereocenters. The van der Waals surface area contributed by atoms with Crippen LogP contribution in [0.2, 0.25) is 0 Å². The number of ether oxygens (including phenoxy) is 1. The normalized spacial score (nSPS) is 13.7. The van der Waals surface area contributed by atoms with Crippen molar-refractivity contribution in [2.24, 2.45) is 5.92 Å². The molecule has 0 aliphatic carbocycles. The number of hydrogen-bond acceptors (Lipinski definition) is 6. The molecule has 0 radical (unpaired) electrons. The summed E-state index contributed by atoms with van der Waals surface area (Å²) in [4.78, 5) is 37.6. The molecule has 1 heterocycles. The van der Waals surface area contributed by atoms with Crippen LogP contribution in [0.1, 0.15) is 38.2 Å². The Morgan fingerprint density at radius 3 is 2.64 bits per heavy atom. The van der Waals surface area contributed by atoms with Crippen LogP contribution in [0.5, 0.6) is 0 Å². The maximum Gasteiger partial charge on any atom is 0.252 e. The summed E-state index contributed by atoms with van der Waals surface area (Å²) in [6, 6.07) is 7.91. The Labute approximate surface area is 195 Å². The number of benzene rings is 1. The van der Waals surface area contributed by atoms with Crippen molar-refractivity contribution < 1.29 is 24.3 Å². The molecule has 1 aliphatic heterocycles. The summed E-state index contributed by atoms with van der Waals surface area (Å²) in [5, 5.41) is 15.2. The van der Waals surface area contributed by atoms with Gasteiger partial charge in [0, 0.05) is 25.3 Å². The van der Waals surface area contributed by atoms with Crippen molar-refractivity contribution in [2.75, 3.05) is 38.8 Å². The molecule has 1 aromatic carbocycles. The molecule has 0 spiro atoms. The fraction of sp³-hybridized carbons (Fsp3) is 0.458. The SMILES string of the molecule is CCCCC[C@H](CN(O)C=O)C(=O)NCNC(=O)C1=CC=C(c2cccc(N(C)C)c2)OC1. The van der Waals surface area contributed by atoms with Crippen molar-refractivity contribution in [3.05, 3.63) is 47.6 Å². The quantitative estimate of drug-likeness (QED) is 0.138. The molecule has 0 fully saturated rings. The number of allylic oxidation sites excluding steroid dienone is 2. The predicted molar refractivity (Wildman–Crippen MR) is 126 cm³/mol. The third-order valence-corrected chi connectivity index (χ3v) is 5.33. The van der Waals surface area contributed by atoms with Gasteiger partial charge < -0.3 is 20.3 Å². The Morgan fingerprint density at radius 2 is 2.00 bits per heavy atom. The molecular weight excluding hydrogens is 424 g/mol. The molecule has 1 aromatic rings. The third kappa shape index (κ3) is 8.27. The van der Waals surface area contributed by atoms with Crippen LogP contribution in [-0.4, -0.2) is 62.4 Å². The maximum atomic E-state index is 12.5. The summed E-state index contributed by atoms with van der Waals surface area (Å²) < 4.78 is 5.77. The second kappa shape index (κ2) is 13.3. The van der Waals surface area contributed by atoms with E-state index in [1.54, 1.807) is 12.2 Å². The number of unbranched alkanes of at least 4 members (excludes halogenated alkanes) is 2. The van der Waals surface area contributed by atoms with Crippen molar-refractivity contribution in [1.82, 2.24) is 15.7 Å². The minimum absolute atomic E-state index is 0.0622.